The highest BCUT2D eigenvalue weighted by molar-refractivity contribution is 5.91. The lowest BCUT2D eigenvalue weighted by molar-refractivity contribution is 0.0945. The number of carbonyl (C=O) groups excluding carboxylic acids is 1. The van der Waals surface area contributed by atoms with E-state index in [2.05, 4.69) is 15.5 Å². The number of rotatable bonds is 4. The first kappa shape index (κ1) is 15.0. The standard InChI is InChI=1S/C18H18N4O/c1-13-7-6-8-14(2)16(13)11-19-18(23)17-12-20-22(21-17)15-9-4-3-5-10-15/h3-10,12H,11H2,1-2H3,(H,19,23). The summed E-state index contributed by atoms with van der Waals surface area (Å²) in [5.74, 6) is -0.227. The highest BCUT2D eigenvalue weighted by atomic mass is 16.2. The molecule has 0 aliphatic carbocycles. The molecule has 23 heavy (non-hydrogen) atoms. The van der Waals surface area contributed by atoms with E-state index in [-0.39, 0.29) is 5.91 Å². The fourth-order valence-corrected chi connectivity index (χ4v) is 2.44. The van der Waals surface area contributed by atoms with Crippen LogP contribution in [-0.2, 0) is 6.54 Å². The van der Waals surface area contributed by atoms with Crippen LogP contribution in [0.5, 0.6) is 0 Å². The molecule has 116 valence electrons. The third kappa shape index (κ3) is 3.29. The van der Waals surface area contributed by atoms with Gasteiger partial charge >= 0.3 is 0 Å². The van der Waals surface area contributed by atoms with Gasteiger partial charge in [-0.1, -0.05) is 36.4 Å². The molecule has 0 spiro atoms. The predicted octanol–water partition coefficient (Wildman–Crippen LogP) is 2.81. The van der Waals surface area contributed by atoms with Crippen LogP contribution in [0.1, 0.15) is 27.2 Å². The average molecular weight is 306 g/mol. The minimum Gasteiger partial charge on any atom is -0.346 e. The van der Waals surface area contributed by atoms with Crippen LogP contribution in [0.4, 0.5) is 0 Å². The van der Waals surface area contributed by atoms with Gasteiger partial charge in [0.15, 0.2) is 5.69 Å². The molecule has 0 radical (unpaired) electrons. The van der Waals surface area contributed by atoms with E-state index in [4.69, 9.17) is 0 Å². The van der Waals surface area contributed by atoms with Crippen molar-refractivity contribution in [2.45, 2.75) is 20.4 Å². The Morgan fingerprint density at radius 2 is 1.74 bits per heavy atom. The lowest BCUT2D eigenvalue weighted by Gasteiger charge is -2.10. The Morgan fingerprint density at radius 3 is 2.43 bits per heavy atom. The SMILES string of the molecule is Cc1cccc(C)c1CNC(=O)c1cnn(-c2ccccc2)n1. The average Bonchev–Trinajstić information content (AvgIpc) is 3.05. The maximum absolute atomic E-state index is 12.3. The number of carbonyl (C=O) groups is 1. The predicted molar refractivity (Wildman–Crippen MR) is 88.4 cm³/mol. The number of aryl methyl sites for hydroxylation is 2. The topological polar surface area (TPSA) is 59.8 Å². The third-order valence-corrected chi connectivity index (χ3v) is 3.78. The van der Waals surface area contributed by atoms with Crippen molar-refractivity contribution in [3.8, 4) is 5.69 Å². The molecule has 0 aliphatic rings. The van der Waals surface area contributed by atoms with Gasteiger partial charge in [-0.05, 0) is 42.7 Å². The van der Waals surface area contributed by atoms with Crippen LogP contribution < -0.4 is 5.32 Å². The normalized spacial score (nSPS) is 10.5. The molecule has 1 N–H and O–H groups in total. The molecule has 1 amide bonds. The van der Waals surface area contributed by atoms with Crippen LogP contribution in [0, 0.1) is 13.8 Å². The van der Waals surface area contributed by atoms with E-state index < -0.39 is 0 Å². The number of nitrogens with one attached hydrogen (secondary N) is 1. The summed E-state index contributed by atoms with van der Waals surface area (Å²) in [7, 11) is 0. The van der Waals surface area contributed by atoms with Gasteiger partial charge in [0.25, 0.3) is 5.91 Å². The lowest BCUT2D eigenvalue weighted by Crippen LogP contribution is -2.24. The van der Waals surface area contributed by atoms with Crippen molar-refractivity contribution in [3.05, 3.63) is 77.1 Å². The fraction of sp³-hybridized carbons (Fsp3) is 0.167. The van der Waals surface area contributed by atoms with Crippen molar-refractivity contribution in [2.24, 2.45) is 0 Å². The van der Waals surface area contributed by atoms with Gasteiger partial charge in [-0.2, -0.15) is 9.90 Å². The number of hydrogen-bond acceptors (Lipinski definition) is 3. The summed E-state index contributed by atoms with van der Waals surface area (Å²) in [6.45, 7) is 4.57. The lowest BCUT2D eigenvalue weighted by atomic mass is 10.0. The molecule has 1 aromatic heterocycles. The van der Waals surface area contributed by atoms with Crippen molar-refractivity contribution in [3.63, 3.8) is 0 Å². The zero-order valence-corrected chi connectivity index (χ0v) is 13.2. The molecule has 0 aliphatic heterocycles. The first-order valence-corrected chi connectivity index (χ1v) is 7.46. The van der Waals surface area contributed by atoms with E-state index >= 15 is 0 Å². The van der Waals surface area contributed by atoms with E-state index in [1.807, 2.05) is 62.4 Å². The molecule has 2 aromatic carbocycles. The molecule has 0 atom stereocenters. The van der Waals surface area contributed by atoms with Crippen LogP contribution in [0.2, 0.25) is 0 Å². The Labute approximate surface area is 135 Å². The van der Waals surface area contributed by atoms with Crippen molar-refractivity contribution in [2.75, 3.05) is 0 Å². The molecule has 0 saturated carbocycles. The summed E-state index contributed by atoms with van der Waals surface area (Å²) < 4.78 is 0. The number of benzene rings is 2. The number of para-hydroxylation sites is 1. The molecular weight excluding hydrogens is 288 g/mol. The molecule has 3 rings (SSSR count). The smallest absolute Gasteiger partial charge is 0.273 e. The Morgan fingerprint density at radius 1 is 1.04 bits per heavy atom. The van der Waals surface area contributed by atoms with E-state index in [9.17, 15) is 4.79 Å². The molecule has 0 saturated heterocycles. The van der Waals surface area contributed by atoms with E-state index in [0.29, 0.717) is 12.2 Å². The second-order valence-electron chi connectivity index (χ2n) is 5.41. The van der Waals surface area contributed by atoms with Gasteiger partial charge in [0.05, 0.1) is 11.9 Å². The third-order valence-electron chi connectivity index (χ3n) is 3.78. The zero-order chi connectivity index (χ0) is 16.2. The monoisotopic (exact) mass is 306 g/mol. The first-order valence-electron chi connectivity index (χ1n) is 7.46. The molecule has 5 nitrogen and oxygen atoms in total. The molecule has 0 bridgehead atoms. The van der Waals surface area contributed by atoms with Gasteiger partial charge < -0.3 is 5.32 Å². The van der Waals surface area contributed by atoms with Crippen molar-refractivity contribution >= 4 is 5.91 Å². The van der Waals surface area contributed by atoms with Crippen molar-refractivity contribution in [1.29, 1.82) is 0 Å². The minimum absolute atomic E-state index is 0.227. The summed E-state index contributed by atoms with van der Waals surface area (Å²) >= 11 is 0. The Hall–Kier alpha value is -2.95. The van der Waals surface area contributed by atoms with E-state index in [0.717, 1.165) is 11.3 Å². The van der Waals surface area contributed by atoms with Gasteiger partial charge in [0.2, 0.25) is 0 Å². The summed E-state index contributed by atoms with van der Waals surface area (Å²) in [4.78, 5) is 13.7. The second-order valence-corrected chi connectivity index (χ2v) is 5.41. The Balaban J connectivity index is 1.71. The quantitative estimate of drug-likeness (QED) is 0.806. The van der Waals surface area contributed by atoms with Crippen LogP contribution in [0.3, 0.4) is 0 Å². The number of hydrogen-bond donors (Lipinski definition) is 1. The van der Waals surface area contributed by atoms with Crippen LogP contribution in [0.15, 0.2) is 54.7 Å². The van der Waals surface area contributed by atoms with Crippen LogP contribution in [-0.4, -0.2) is 20.9 Å². The summed E-state index contributed by atoms with van der Waals surface area (Å²) in [5, 5.41) is 11.3. The number of nitrogens with zero attached hydrogens (tertiary/aromatic N) is 3. The van der Waals surface area contributed by atoms with E-state index in [1.54, 1.807) is 0 Å². The van der Waals surface area contributed by atoms with Gasteiger partial charge in [-0.3, -0.25) is 4.79 Å². The molecular formula is C18H18N4O. The summed E-state index contributed by atoms with van der Waals surface area (Å²) in [6, 6.07) is 15.6. The Kier molecular flexibility index (Phi) is 4.19. The molecule has 5 heteroatoms. The molecule has 3 aromatic rings. The second kappa shape index (κ2) is 6.44. The fourth-order valence-electron chi connectivity index (χ4n) is 2.44. The van der Waals surface area contributed by atoms with Gasteiger partial charge in [-0.15, -0.1) is 5.10 Å². The zero-order valence-electron chi connectivity index (χ0n) is 13.2. The van der Waals surface area contributed by atoms with Crippen LogP contribution >= 0.6 is 0 Å². The van der Waals surface area contributed by atoms with Crippen LogP contribution in [0.25, 0.3) is 5.69 Å². The largest absolute Gasteiger partial charge is 0.346 e. The van der Waals surface area contributed by atoms with E-state index in [1.165, 1.54) is 22.1 Å². The highest BCUT2D eigenvalue weighted by Crippen LogP contribution is 2.13. The maximum atomic E-state index is 12.3. The first-order chi connectivity index (χ1) is 11.1. The van der Waals surface area contributed by atoms with Gasteiger partial charge in [0, 0.05) is 6.54 Å². The van der Waals surface area contributed by atoms with Gasteiger partial charge in [-0.25, -0.2) is 0 Å². The van der Waals surface area contributed by atoms with Gasteiger partial charge in [0.1, 0.15) is 0 Å². The highest BCUT2D eigenvalue weighted by Gasteiger charge is 2.12. The number of amides is 1. The van der Waals surface area contributed by atoms with Crippen molar-refractivity contribution < 1.29 is 4.79 Å². The summed E-state index contributed by atoms with van der Waals surface area (Å²) in [5.41, 5.74) is 4.59. The molecule has 0 unspecified atom stereocenters. The summed E-state index contributed by atoms with van der Waals surface area (Å²) in [6.07, 6.45) is 1.48. The van der Waals surface area contributed by atoms with Crippen molar-refractivity contribution in [1.82, 2.24) is 20.3 Å². The minimum atomic E-state index is -0.227. The number of aromatic nitrogens is 3. The molecule has 1 heterocycles. The Bertz CT molecular complexity index is 804. The molecule has 0 fully saturated rings. The maximum Gasteiger partial charge on any atom is 0.273 e.